The monoisotopic (exact) mass is 458 g/mol. The molecule has 5 nitrogen and oxygen atoms in total. The van der Waals surface area contributed by atoms with Crippen LogP contribution in [0.3, 0.4) is 0 Å². The first-order valence-electron chi connectivity index (χ1n) is 9.61. The smallest absolute Gasteiger partial charge is 0.211 e. The normalized spacial score (nSPS) is 18.6. The number of rotatable bonds is 8. The van der Waals surface area contributed by atoms with Crippen LogP contribution in [0.2, 0.25) is 5.02 Å². The third-order valence-electron chi connectivity index (χ3n) is 5.20. The second-order valence-corrected chi connectivity index (χ2v) is 9.68. The van der Waals surface area contributed by atoms with E-state index in [2.05, 4.69) is 22.9 Å². The highest BCUT2D eigenvalue weighted by Crippen LogP contribution is 2.36. The zero-order valence-corrected chi connectivity index (χ0v) is 18.8. The van der Waals surface area contributed by atoms with Crippen molar-refractivity contribution in [2.45, 2.75) is 38.1 Å². The molecular formula is C21H28Cl2N2O3S. The van der Waals surface area contributed by atoms with E-state index in [1.54, 1.807) is 6.92 Å². The van der Waals surface area contributed by atoms with Gasteiger partial charge >= 0.3 is 0 Å². The lowest BCUT2D eigenvalue weighted by Crippen LogP contribution is -2.34. The van der Waals surface area contributed by atoms with Crippen molar-refractivity contribution in [3.8, 4) is 5.75 Å². The molecule has 0 aliphatic heterocycles. The van der Waals surface area contributed by atoms with Crippen molar-refractivity contribution in [3.05, 3.63) is 64.2 Å². The molecule has 0 saturated carbocycles. The molecule has 3 rings (SSSR count). The van der Waals surface area contributed by atoms with E-state index >= 15 is 0 Å². The maximum absolute atomic E-state index is 11.5. The average Bonchev–Trinajstić information content (AvgIpc) is 2.67. The number of halogens is 2. The zero-order chi connectivity index (χ0) is 20.1. The fraction of sp³-hybridized carbons (Fsp3) is 0.429. The van der Waals surface area contributed by atoms with E-state index in [4.69, 9.17) is 22.1 Å². The molecule has 0 bridgehead atoms. The van der Waals surface area contributed by atoms with Gasteiger partial charge in [-0.3, -0.25) is 0 Å². The van der Waals surface area contributed by atoms with Crippen LogP contribution in [0.25, 0.3) is 0 Å². The molecule has 2 aromatic carbocycles. The third-order valence-corrected chi connectivity index (χ3v) is 6.84. The van der Waals surface area contributed by atoms with Gasteiger partial charge in [0.05, 0.1) is 5.75 Å². The van der Waals surface area contributed by atoms with Crippen molar-refractivity contribution in [2.75, 3.05) is 18.9 Å². The van der Waals surface area contributed by atoms with Gasteiger partial charge in [0.15, 0.2) is 0 Å². The molecule has 2 aromatic rings. The first-order chi connectivity index (χ1) is 13.4. The summed E-state index contributed by atoms with van der Waals surface area (Å²) < 4.78 is 31.3. The standard InChI is InChI=1S/C21H27ClN2O3S.ClH/c1-2-28(25,26)24-10-11-27-18-8-6-16-7-9-21(23)20(19(16)14-18)13-15-4-3-5-17(22)12-15;/h3-6,8,12,14,20-21,24H,2,7,9-11,13,23H2,1H3;1H. The number of benzene rings is 2. The number of nitrogens with one attached hydrogen (secondary N) is 1. The zero-order valence-electron chi connectivity index (χ0n) is 16.4. The highest BCUT2D eigenvalue weighted by molar-refractivity contribution is 7.89. The van der Waals surface area contributed by atoms with E-state index in [9.17, 15) is 8.42 Å². The minimum Gasteiger partial charge on any atom is -0.492 e. The lowest BCUT2D eigenvalue weighted by molar-refractivity contribution is 0.321. The van der Waals surface area contributed by atoms with Gasteiger partial charge in [-0.05, 0) is 67.1 Å². The van der Waals surface area contributed by atoms with Crippen molar-refractivity contribution in [3.63, 3.8) is 0 Å². The Morgan fingerprint density at radius 2 is 2.03 bits per heavy atom. The highest BCUT2D eigenvalue weighted by atomic mass is 35.5. The lowest BCUT2D eigenvalue weighted by Gasteiger charge is -2.32. The average molecular weight is 459 g/mol. The number of hydrogen-bond acceptors (Lipinski definition) is 4. The Balaban J connectivity index is 0.00000300. The van der Waals surface area contributed by atoms with Gasteiger partial charge in [0.1, 0.15) is 12.4 Å². The molecule has 0 fully saturated rings. The van der Waals surface area contributed by atoms with E-state index < -0.39 is 10.0 Å². The minimum atomic E-state index is -3.20. The first-order valence-corrected chi connectivity index (χ1v) is 11.6. The summed E-state index contributed by atoms with van der Waals surface area (Å²) in [5.41, 5.74) is 10.1. The van der Waals surface area contributed by atoms with Gasteiger partial charge < -0.3 is 10.5 Å². The lowest BCUT2D eigenvalue weighted by atomic mass is 9.76. The summed E-state index contributed by atoms with van der Waals surface area (Å²) in [4.78, 5) is 0. The Labute approximate surface area is 184 Å². The van der Waals surface area contributed by atoms with Crippen LogP contribution in [-0.4, -0.2) is 33.4 Å². The Kier molecular flexibility index (Phi) is 8.79. The van der Waals surface area contributed by atoms with Crippen LogP contribution in [0, 0.1) is 0 Å². The topological polar surface area (TPSA) is 81.4 Å². The van der Waals surface area contributed by atoms with Crippen molar-refractivity contribution < 1.29 is 13.2 Å². The highest BCUT2D eigenvalue weighted by Gasteiger charge is 2.27. The molecule has 1 aliphatic carbocycles. The summed E-state index contributed by atoms with van der Waals surface area (Å²) in [5, 5.41) is 0.730. The molecule has 3 N–H and O–H groups in total. The summed E-state index contributed by atoms with van der Waals surface area (Å²) in [6.07, 6.45) is 2.74. The van der Waals surface area contributed by atoms with Crippen LogP contribution in [-0.2, 0) is 22.9 Å². The van der Waals surface area contributed by atoms with E-state index in [0.717, 1.165) is 30.0 Å². The van der Waals surface area contributed by atoms with Gasteiger partial charge in [-0.25, -0.2) is 13.1 Å². The molecule has 2 atom stereocenters. The predicted octanol–water partition coefficient (Wildman–Crippen LogP) is 3.68. The summed E-state index contributed by atoms with van der Waals surface area (Å²) in [6.45, 7) is 2.14. The summed E-state index contributed by atoms with van der Waals surface area (Å²) in [6, 6.07) is 14.1. The van der Waals surface area contributed by atoms with Gasteiger partial charge in [-0.15, -0.1) is 12.4 Å². The number of fused-ring (bicyclic) bond motifs is 1. The number of hydrogen-bond donors (Lipinski definition) is 2. The first kappa shape index (κ1) is 24.0. The van der Waals surface area contributed by atoms with E-state index in [-0.39, 0.29) is 43.3 Å². The van der Waals surface area contributed by atoms with Crippen molar-refractivity contribution in [2.24, 2.45) is 5.73 Å². The largest absolute Gasteiger partial charge is 0.492 e. The molecule has 1 aliphatic rings. The Hall–Kier alpha value is -1.31. The molecule has 0 aromatic heterocycles. The molecule has 29 heavy (non-hydrogen) atoms. The summed E-state index contributed by atoms with van der Waals surface area (Å²) in [5.74, 6) is 0.999. The fourth-order valence-corrected chi connectivity index (χ4v) is 4.45. The number of sulfonamides is 1. The maximum atomic E-state index is 11.5. The summed E-state index contributed by atoms with van der Waals surface area (Å²) in [7, 11) is -3.20. The molecule has 8 heteroatoms. The van der Waals surface area contributed by atoms with Gasteiger partial charge in [0, 0.05) is 23.5 Å². The second-order valence-electron chi connectivity index (χ2n) is 7.15. The number of aryl methyl sites for hydroxylation is 1. The van der Waals surface area contributed by atoms with Gasteiger partial charge in [-0.2, -0.15) is 0 Å². The van der Waals surface area contributed by atoms with Crippen LogP contribution >= 0.6 is 24.0 Å². The van der Waals surface area contributed by atoms with E-state index in [0.29, 0.717) is 0 Å². The summed E-state index contributed by atoms with van der Waals surface area (Å²) >= 11 is 6.14. The van der Waals surface area contributed by atoms with E-state index in [1.165, 1.54) is 16.7 Å². The molecule has 0 saturated heterocycles. The molecule has 0 radical (unpaired) electrons. The number of nitrogens with two attached hydrogens (primary N) is 1. The molecular weight excluding hydrogens is 431 g/mol. The molecule has 160 valence electrons. The minimum absolute atomic E-state index is 0. The van der Waals surface area contributed by atoms with Gasteiger partial charge in [0.25, 0.3) is 0 Å². The quantitative estimate of drug-likeness (QED) is 0.591. The molecule has 0 heterocycles. The third kappa shape index (κ3) is 6.59. The van der Waals surface area contributed by atoms with E-state index in [1.807, 2.05) is 24.3 Å². The SMILES string of the molecule is CCS(=O)(=O)NCCOc1ccc2c(c1)C(Cc1cccc(Cl)c1)C(N)CC2.Cl. The van der Waals surface area contributed by atoms with Crippen molar-refractivity contribution in [1.29, 1.82) is 0 Å². The van der Waals surface area contributed by atoms with Crippen LogP contribution in [0.1, 0.15) is 36.0 Å². The Morgan fingerprint density at radius 1 is 1.24 bits per heavy atom. The van der Waals surface area contributed by atoms with Crippen LogP contribution in [0.15, 0.2) is 42.5 Å². The van der Waals surface area contributed by atoms with Crippen LogP contribution in [0.5, 0.6) is 5.75 Å². The van der Waals surface area contributed by atoms with Crippen molar-refractivity contribution in [1.82, 2.24) is 4.72 Å². The van der Waals surface area contributed by atoms with Gasteiger partial charge in [-0.1, -0.05) is 29.8 Å². The molecule has 0 amide bonds. The number of ether oxygens (including phenoxy) is 1. The second kappa shape index (κ2) is 10.6. The fourth-order valence-electron chi connectivity index (χ4n) is 3.64. The van der Waals surface area contributed by atoms with Crippen LogP contribution < -0.4 is 15.2 Å². The van der Waals surface area contributed by atoms with Crippen LogP contribution in [0.4, 0.5) is 0 Å². The predicted molar refractivity (Wildman–Crippen MR) is 121 cm³/mol. The Morgan fingerprint density at radius 3 is 2.76 bits per heavy atom. The Bertz CT molecular complexity index is 922. The van der Waals surface area contributed by atoms with Crippen molar-refractivity contribution >= 4 is 34.0 Å². The maximum Gasteiger partial charge on any atom is 0.211 e. The van der Waals surface area contributed by atoms with Gasteiger partial charge in [0.2, 0.25) is 10.0 Å². The molecule has 0 spiro atoms. The molecule has 2 unspecified atom stereocenters.